The Balaban J connectivity index is 1.61. The lowest BCUT2D eigenvalue weighted by molar-refractivity contribution is -0.384. The van der Waals surface area contributed by atoms with Crippen LogP contribution in [-0.2, 0) is 4.79 Å². The molecule has 0 spiro atoms. The van der Waals surface area contributed by atoms with E-state index in [0.717, 1.165) is 11.1 Å². The molecule has 0 radical (unpaired) electrons. The number of nitrogens with one attached hydrogen (secondary N) is 2. The summed E-state index contributed by atoms with van der Waals surface area (Å²) in [6.07, 6.45) is 1.23. The predicted octanol–water partition coefficient (Wildman–Crippen LogP) is 3.17. The zero-order valence-electron chi connectivity index (χ0n) is 17.8. The van der Waals surface area contributed by atoms with Crippen molar-refractivity contribution in [1.29, 1.82) is 0 Å². The maximum Gasteiger partial charge on any atom is 0.293 e. The molecule has 0 aliphatic rings. The summed E-state index contributed by atoms with van der Waals surface area (Å²) in [6.45, 7) is -0.133. The third kappa shape index (κ3) is 4.72. The molecule has 3 aromatic carbocycles. The lowest BCUT2D eigenvalue weighted by Crippen LogP contribution is -2.38. The Bertz CT molecular complexity index is 1320. The molecule has 0 bridgehead atoms. The number of H-pyrrole nitrogens is 1. The van der Waals surface area contributed by atoms with Gasteiger partial charge < -0.3 is 15.2 Å². The highest BCUT2D eigenvalue weighted by Crippen LogP contribution is 2.30. The maximum atomic E-state index is 13.0. The molecule has 0 atom stereocenters. The fraction of sp³-hybridized carbons (Fsp3) is 0.125. The number of nitro groups is 1. The molecule has 0 saturated carbocycles. The first-order valence-electron chi connectivity index (χ1n) is 10.2. The number of rotatable bonds is 7. The fourth-order valence-corrected chi connectivity index (χ4v) is 3.70. The second-order valence-corrected chi connectivity index (χ2v) is 7.52. The van der Waals surface area contributed by atoms with Crippen molar-refractivity contribution in [2.45, 2.75) is 6.04 Å². The maximum absolute atomic E-state index is 13.0. The van der Waals surface area contributed by atoms with E-state index in [1.165, 1.54) is 23.4 Å². The van der Waals surface area contributed by atoms with Gasteiger partial charge in [-0.3, -0.25) is 19.7 Å². The van der Waals surface area contributed by atoms with Gasteiger partial charge in [0.1, 0.15) is 5.69 Å². The van der Waals surface area contributed by atoms with Crippen LogP contribution in [0.4, 0.5) is 11.4 Å². The van der Waals surface area contributed by atoms with E-state index in [1.54, 1.807) is 7.05 Å². The number of hydrogen-bond donors (Lipinski definition) is 2. The van der Waals surface area contributed by atoms with Crippen LogP contribution in [0.15, 0.2) is 83.9 Å². The van der Waals surface area contributed by atoms with E-state index in [0.29, 0.717) is 5.52 Å². The van der Waals surface area contributed by atoms with Gasteiger partial charge in [0.15, 0.2) is 0 Å². The summed E-state index contributed by atoms with van der Waals surface area (Å²) in [7, 11) is 1.58. The van der Waals surface area contributed by atoms with Crippen molar-refractivity contribution in [2.24, 2.45) is 0 Å². The van der Waals surface area contributed by atoms with E-state index in [2.05, 4.69) is 15.3 Å². The van der Waals surface area contributed by atoms with Gasteiger partial charge in [0.2, 0.25) is 5.91 Å². The van der Waals surface area contributed by atoms with E-state index in [-0.39, 0.29) is 35.3 Å². The molecule has 0 aliphatic carbocycles. The van der Waals surface area contributed by atoms with Gasteiger partial charge in [0.25, 0.3) is 11.2 Å². The number of aromatic amines is 1. The molecule has 33 heavy (non-hydrogen) atoms. The quantitative estimate of drug-likeness (QED) is 0.334. The summed E-state index contributed by atoms with van der Waals surface area (Å²) in [6, 6.07) is 21.4. The number of aromatic nitrogens is 2. The van der Waals surface area contributed by atoms with Crippen LogP contribution < -0.4 is 15.8 Å². The number of carbonyl (C=O) groups is 1. The zero-order valence-corrected chi connectivity index (χ0v) is 17.8. The predicted molar refractivity (Wildman–Crippen MR) is 125 cm³/mol. The molecule has 2 N–H and O–H groups in total. The third-order valence-corrected chi connectivity index (χ3v) is 5.30. The van der Waals surface area contributed by atoms with Crippen molar-refractivity contribution in [3.05, 3.63) is 111 Å². The molecular weight excluding hydrogens is 422 g/mol. The Hall–Kier alpha value is -4.53. The molecule has 1 amide bonds. The van der Waals surface area contributed by atoms with Crippen LogP contribution in [0.25, 0.3) is 10.9 Å². The Labute approximate surface area is 188 Å². The van der Waals surface area contributed by atoms with Gasteiger partial charge in [-0.15, -0.1) is 0 Å². The molecule has 1 heterocycles. The van der Waals surface area contributed by atoms with E-state index < -0.39 is 10.5 Å². The number of fused-ring (bicyclic) bond motifs is 1. The summed E-state index contributed by atoms with van der Waals surface area (Å²) in [4.78, 5) is 44.0. The number of anilines is 1. The van der Waals surface area contributed by atoms with Crippen LogP contribution in [0.2, 0.25) is 0 Å². The molecule has 4 rings (SSSR count). The molecular formula is C24H21N5O4. The second kappa shape index (κ2) is 9.31. The lowest BCUT2D eigenvalue weighted by atomic mass is 9.99. The van der Waals surface area contributed by atoms with Gasteiger partial charge in [-0.05, 0) is 17.2 Å². The van der Waals surface area contributed by atoms with Crippen LogP contribution in [0, 0.1) is 10.1 Å². The highest BCUT2D eigenvalue weighted by atomic mass is 16.6. The van der Waals surface area contributed by atoms with Crippen LogP contribution in [0.5, 0.6) is 0 Å². The van der Waals surface area contributed by atoms with Crippen LogP contribution in [0.3, 0.4) is 0 Å². The third-order valence-electron chi connectivity index (χ3n) is 5.30. The monoisotopic (exact) mass is 443 g/mol. The molecule has 9 nitrogen and oxygen atoms in total. The summed E-state index contributed by atoms with van der Waals surface area (Å²) in [5, 5.41) is 14.8. The summed E-state index contributed by atoms with van der Waals surface area (Å²) >= 11 is 0. The van der Waals surface area contributed by atoms with Crippen molar-refractivity contribution in [3.8, 4) is 0 Å². The van der Waals surface area contributed by atoms with E-state index in [4.69, 9.17) is 0 Å². The molecule has 0 unspecified atom stereocenters. The van der Waals surface area contributed by atoms with E-state index >= 15 is 0 Å². The van der Waals surface area contributed by atoms with Crippen molar-refractivity contribution in [1.82, 2.24) is 15.3 Å². The number of likely N-dealkylation sites (N-methyl/N-ethyl adjacent to an activating group) is 1. The van der Waals surface area contributed by atoms with Crippen molar-refractivity contribution in [2.75, 3.05) is 18.5 Å². The molecule has 166 valence electrons. The molecule has 0 saturated heterocycles. The molecule has 1 aromatic heterocycles. The van der Waals surface area contributed by atoms with Crippen LogP contribution in [-0.4, -0.2) is 34.4 Å². The first-order valence-corrected chi connectivity index (χ1v) is 10.2. The fourth-order valence-electron chi connectivity index (χ4n) is 3.70. The topological polar surface area (TPSA) is 121 Å². The molecule has 0 fully saturated rings. The Morgan fingerprint density at radius 2 is 1.70 bits per heavy atom. The van der Waals surface area contributed by atoms with Gasteiger partial charge in [-0.2, -0.15) is 0 Å². The first kappa shape index (κ1) is 21.7. The molecule has 9 heteroatoms. The minimum absolute atomic E-state index is 0.110. The number of hydrogen-bond acceptors (Lipinski definition) is 6. The molecule has 4 aromatic rings. The SMILES string of the molecule is CN(CC(=O)NC(c1ccccc1)c1ccccc1)c1cc2nc[nH]c(=O)c2cc1[N+](=O)[O-]. The summed E-state index contributed by atoms with van der Waals surface area (Å²) in [5.41, 5.74) is 1.58. The number of amides is 1. The van der Waals surface area contributed by atoms with Gasteiger partial charge in [-0.1, -0.05) is 60.7 Å². The smallest absolute Gasteiger partial charge is 0.293 e. The van der Waals surface area contributed by atoms with Crippen LogP contribution in [0.1, 0.15) is 17.2 Å². The number of carbonyl (C=O) groups excluding carboxylic acids is 1. The standard InChI is InChI=1S/C24H21N5O4/c1-28(20-13-19-18(12-21(20)29(32)33)24(31)26-15-25-19)14-22(30)27-23(16-8-4-2-5-9-16)17-10-6-3-7-11-17/h2-13,15,23H,14H2,1H3,(H,27,30)(H,25,26,31). The van der Waals surface area contributed by atoms with Crippen molar-refractivity contribution in [3.63, 3.8) is 0 Å². The van der Waals surface area contributed by atoms with Gasteiger partial charge >= 0.3 is 0 Å². The number of benzene rings is 3. The van der Waals surface area contributed by atoms with Crippen molar-refractivity contribution >= 4 is 28.2 Å². The minimum atomic E-state index is -0.577. The largest absolute Gasteiger partial charge is 0.360 e. The summed E-state index contributed by atoms with van der Waals surface area (Å²) in [5.74, 6) is -0.316. The average molecular weight is 443 g/mol. The Kier molecular flexibility index (Phi) is 6.12. The van der Waals surface area contributed by atoms with Crippen LogP contribution >= 0.6 is 0 Å². The van der Waals surface area contributed by atoms with E-state index in [9.17, 15) is 19.7 Å². The highest BCUT2D eigenvalue weighted by Gasteiger charge is 2.23. The first-order chi connectivity index (χ1) is 15.9. The Morgan fingerprint density at radius 1 is 1.09 bits per heavy atom. The number of nitro benzene ring substituents is 1. The number of nitrogens with zero attached hydrogens (tertiary/aromatic N) is 3. The minimum Gasteiger partial charge on any atom is -0.360 e. The molecule has 0 aliphatic heterocycles. The van der Waals surface area contributed by atoms with Crippen molar-refractivity contribution < 1.29 is 9.72 Å². The highest BCUT2D eigenvalue weighted by molar-refractivity contribution is 5.89. The van der Waals surface area contributed by atoms with Gasteiger partial charge in [-0.25, -0.2) is 4.98 Å². The zero-order chi connectivity index (χ0) is 23.4. The average Bonchev–Trinajstić information content (AvgIpc) is 2.83. The second-order valence-electron chi connectivity index (χ2n) is 7.52. The van der Waals surface area contributed by atoms with E-state index in [1.807, 2.05) is 60.7 Å². The summed E-state index contributed by atoms with van der Waals surface area (Å²) < 4.78 is 0. The normalized spacial score (nSPS) is 10.8. The Morgan fingerprint density at radius 3 is 2.27 bits per heavy atom. The van der Waals surface area contributed by atoms with Gasteiger partial charge in [0.05, 0.1) is 34.7 Å². The van der Waals surface area contributed by atoms with Gasteiger partial charge in [0, 0.05) is 13.1 Å². The lowest BCUT2D eigenvalue weighted by Gasteiger charge is -2.23.